The van der Waals surface area contributed by atoms with Crippen molar-refractivity contribution < 1.29 is 14.3 Å². The number of likely N-dealkylation sites (N-methyl/N-ethyl adjacent to an activating group) is 1. The van der Waals surface area contributed by atoms with Gasteiger partial charge in [-0.1, -0.05) is 31.2 Å². The van der Waals surface area contributed by atoms with Crippen molar-refractivity contribution >= 4 is 22.6 Å². The van der Waals surface area contributed by atoms with Crippen molar-refractivity contribution in [1.29, 1.82) is 0 Å². The van der Waals surface area contributed by atoms with Crippen molar-refractivity contribution in [2.45, 2.75) is 26.8 Å². The second-order valence-electron chi connectivity index (χ2n) is 7.43. The molecular weight excluding hydrogens is 354 g/mol. The molecule has 1 aliphatic rings. The Morgan fingerprint density at radius 2 is 1.71 bits per heavy atom. The fraction of sp³-hybridized carbons (Fsp3) is 0.455. The molecule has 1 heterocycles. The van der Waals surface area contributed by atoms with Gasteiger partial charge in [0.2, 0.25) is 0 Å². The molecule has 6 nitrogen and oxygen atoms in total. The number of amides is 2. The molecule has 0 aromatic heterocycles. The Kier molecular flexibility index (Phi) is 6.52. The molecule has 6 heteroatoms. The van der Waals surface area contributed by atoms with Crippen LogP contribution < -0.4 is 10.1 Å². The van der Waals surface area contributed by atoms with Gasteiger partial charge in [-0.15, -0.1) is 0 Å². The minimum absolute atomic E-state index is 0.0410. The molecule has 2 aromatic rings. The molecule has 0 bridgehead atoms. The number of ether oxygens (including phenoxy) is 1. The van der Waals surface area contributed by atoms with E-state index in [1.165, 1.54) is 0 Å². The van der Waals surface area contributed by atoms with Crippen molar-refractivity contribution in [2.75, 3.05) is 39.3 Å². The fourth-order valence-electron chi connectivity index (χ4n) is 3.45. The summed E-state index contributed by atoms with van der Waals surface area (Å²) >= 11 is 0. The van der Waals surface area contributed by atoms with Crippen molar-refractivity contribution in [3.05, 3.63) is 42.0 Å². The zero-order chi connectivity index (χ0) is 20.1. The van der Waals surface area contributed by atoms with E-state index in [2.05, 4.69) is 17.1 Å². The van der Waals surface area contributed by atoms with Gasteiger partial charge in [-0.25, -0.2) is 0 Å². The Labute approximate surface area is 166 Å². The normalized spacial score (nSPS) is 15.1. The molecule has 0 aliphatic carbocycles. The SMILES string of the molecule is CCN1CCN(C(=O)c2cc3ccccc3cc2OCC(=O)NC(C)C)CC1. The zero-order valence-corrected chi connectivity index (χ0v) is 16.9. The summed E-state index contributed by atoms with van der Waals surface area (Å²) in [7, 11) is 0. The van der Waals surface area contributed by atoms with Gasteiger partial charge in [0.1, 0.15) is 5.75 Å². The number of hydrogen-bond acceptors (Lipinski definition) is 4. The zero-order valence-electron chi connectivity index (χ0n) is 16.9. The van der Waals surface area contributed by atoms with Crippen LogP contribution in [-0.2, 0) is 4.79 Å². The van der Waals surface area contributed by atoms with Crippen molar-refractivity contribution in [2.24, 2.45) is 0 Å². The van der Waals surface area contributed by atoms with Crippen LogP contribution in [0.2, 0.25) is 0 Å². The lowest BCUT2D eigenvalue weighted by Crippen LogP contribution is -2.48. The van der Waals surface area contributed by atoms with Crippen molar-refractivity contribution in [1.82, 2.24) is 15.1 Å². The maximum Gasteiger partial charge on any atom is 0.258 e. The van der Waals surface area contributed by atoms with Gasteiger partial charge in [0.25, 0.3) is 11.8 Å². The van der Waals surface area contributed by atoms with Crippen LogP contribution >= 0.6 is 0 Å². The Morgan fingerprint density at radius 1 is 1.07 bits per heavy atom. The summed E-state index contributed by atoms with van der Waals surface area (Å²) < 4.78 is 5.79. The third kappa shape index (κ3) is 4.81. The van der Waals surface area contributed by atoms with E-state index >= 15 is 0 Å². The van der Waals surface area contributed by atoms with Crippen LogP contribution in [0.15, 0.2) is 36.4 Å². The predicted octanol–water partition coefficient (Wildman–Crippen LogP) is 2.52. The van der Waals surface area contributed by atoms with E-state index in [0.29, 0.717) is 24.4 Å². The van der Waals surface area contributed by atoms with Crippen LogP contribution in [0.5, 0.6) is 5.75 Å². The molecule has 0 saturated carbocycles. The predicted molar refractivity (Wildman–Crippen MR) is 111 cm³/mol. The molecule has 150 valence electrons. The highest BCUT2D eigenvalue weighted by Crippen LogP contribution is 2.28. The van der Waals surface area contributed by atoms with Crippen LogP contribution in [0.4, 0.5) is 0 Å². The summed E-state index contributed by atoms with van der Waals surface area (Å²) in [4.78, 5) is 29.4. The molecule has 0 unspecified atom stereocenters. The van der Waals surface area contributed by atoms with E-state index in [9.17, 15) is 9.59 Å². The number of nitrogens with one attached hydrogen (secondary N) is 1. The lowest BCUT2D eigenvalue weighted by atomic mass is 10.0. The highest BCUT2D eigenvalue weighted by Gasteiger charge is 2.24. The van der Waals surface area contributed by atoms with Gasteiger partial charge in [-0.3, -0.25) is 9.59 Å². The second-order valence-corrected chi connectivity index (χ2v) is 7.43. The largest absolute Gasteiger partial charge is 0.483 e. The summed E-state index contributed by atoms with van der Waals surface area (Å²) in [6, 6.07) is 11.6. The first-order valence-electron chi connectivity index (χ1n) is 9.94. The number of benzene rings is 2. The Balaban J connectivity index is 1.84. The minimum Gasteiger partial charge on any atom is -0.483 e. The average Bonchev–Trinajstić information content (AvgIpc) is 2.70. The maximum atomic E-state index is 13.2. The van der Waals surface area contributed by atoms with Gasteiger partial charge >= 0.3 is 0 Å². The van der Waals surface area contributed by atoms with E-state index in [0.717, 1.165) is 30.4 Å². The summed E-state index contributed by atoms with van der Waals surface area (Å²) in [6.07, 6.45) is 0. The molecule has 2 aromatic carbocycles. The van der Waals surface area contributed by atoms with Crippen LogP contribution in [-0.4, -0.2) is 67.0 Å². The number of piperazine rings is 1. The molecule has 1 aliphatic heterocycles. The molecular formula is C22H29N3O3. The Morgan fingerprint density at radius 3 is 2.32 bits per heavy atom. The number of carbonyl (C=O) groups is 2. The quantitative estimate of drug-likeness (QED) is 0.833. The third-order valence-corrected chi connectivity index (χ3v) is 4.99. The lowest BCUT2D eigenvalue weighted by Gasteiger charge is -2.34. The lowest BCUT2D eigenvalue weighted by molar-refractivity contribution is -0.123. The van der Waals surface area contributed by atoms with Crippen molar-refractivity contribution in [3.63, 3.8) is 0 Å². The van der Waals surface area contributed by atoms with Gasteiger partial charge < -0.3 is 19.9 Å². The Bertz CT molecular complexity index is 842. The maximum absolute atomic E-state index is 13.2. The molecule has 2 amide bonds. The number of rotatable bonds is 6. The third-order valence-electron chi connectivity index (χ3n) is 4.99. The highest BCUT2D eigenvalue weighted by molar-refractivity contribution is 6.01. The summed E-state index contributed by atoms with van der Waals surface area (Å²) in [5, 5.41) is 4.77. The summed E-state index contributed by atoms with van der Waals surface area (Å²) in [6.45, 7) is 9.98. The number of hydrogen-bond donors (Lipinski definition) is 1. The standard InChI is InChI=1S/C22H29N3O3/c1-4-24-9-11-25(12-10-24)22(27)19-13-17-7-5-6-8-18(17)14-20(19)28-15-21(26)23-16(2)3/h5-8,13-14,16H,4,9-12,15H2,1-3H3,(H,23,26). The summed E-state index contributed by atoms with van der Waals surface area (Å²) in [5.74, 6) is 0.222. The highest BCUT2D eigenvalue weighted by atomic mass is 16.5. The molecule has 28 heavy (non-hydrogen) atoms. The van der Waals surface area contributed by atoms with Gasteiger partial charge in [-0.2, -0.15) is 0 Å². The molecule has 0 radical (unpaired) electrons. The molecule has 0 spiro atoms. The van der Waals surface area contributed by atoms with Gasteiger partial charge in [0.05, 0.1) is 5.56 Å². The number of carbonyl (C=O) groups excluding carboxylic acids is 2. The monoisotopic (exact) mass is 383 g/mol. The smallest absolute Gasteiger partial charge is 0.258 e. The number of fused-ring (bicyclic) bond motifs is 1. The second kappa shape index (κ2) is 9.06. The molecule has 1 N–H and O–H groups in total. The van der Waals surface area contributed by atoms with Gasteiger partial charge in [-0.05, 0) is 43.3 Å². The van der Waals surface area contributed by atoms with E-state index in [1.807, 2.05) is 55.1 Å². The first-order chi connectivity index (χ1) is 13.5. The van der Waals surface area contributed by atoms with Gasteiger partial charge in [0, 0.05) is 32.2 Å². The first kappa shape index (κ1) is 20.1. The van der Waals surface area contributed by atoms with E-state index in [4.69, 9.17) is 4.74 Å². The van der Waals surface area contributed by atoms with Crippen LogP contribution in [0.25, 0.3) is 10.8 Å². The topological polar surface area (TPSA) is 61.9 Å². The summed E-state index contributed by atoms with van der Waals surface area (Å²) in [5.41, 5.74) is 0.515. The fourth-order valence-corrected chi connectivity index (χ4v) is 3.45. The van der Waals surface area contributed by atoms with E-state index < -0.39 is 0 Å². The first-order valence-corrected chi connectivity index (χ1v) is 9.94. The van der Waals surface area contributed by atoms with Crippen LogP contribution in [0.3, 0.4) is 0 Å². The van der Waals surface area contributed by atoms with E-state index in [-0.39, 0.29) is 24.5 Å². The Hall–Kier alpha value is -2.60. The van der Waals surface area contributed by atoms with Crippen LogP contribution in [0, 0.1) is 0 Å². The molecule has 3 rings (SSSR count). The average molecular weight is 383 g/mol. The van der Waals surface area contributed by atoms with Gasteiger partial charge in [0.15, 0.2) is 6.61 Å². The number of nitrogens with zero attached hydrogens (tertiary/aromatic N) is 2. The molecule has 0 atom stereocenters. The van der Waals surface area contributed by atoms with E-state index in [1.54, 1.807) is 0 Å². The minimum atomic E-state index is -0.196. The molecule has 1 fully saturated rings. The molecule has 1 saturated heterocycles. The van der Waals surface area contributed by atoms with Crippen LogP contribution in [0.1, 0.15) is 31.1 Å². The van der Waals surface area contributed by atoms with Crippen molar-refractivity contribution in [3.8, 4) is 5.75 Å².